The second kappa shape index (κ2) is 14.7. The van der Waals surface area contributed by atoms with E-state index >= 15 is 0 Å². The van der Waals surface area contributed by atoms with Crippen molar-refractivity contribution in [1.29, 1.82) is 0 Å². The first-order chi connectivity index (χ1) is 23.5. The van der Waals surface area contributed by atoms with Crippen molar-refractivity contribution in [3.05, 3.63) is 65.3 Å². The Kier molecular flexibility index (Phi) is 10.6. The molecule has 0 saturated carbocycles. The van der Waals surface area contributed by atoms with Crippen LogP contribution in [0.1, 0.15) is 65.3 Å². The first-order valence-corrected chi connectivity index (χ1v) is 20.0. The fourth-order valence-electron chi connectivity index (χ4n) is 7.42. The summed E-state index contributed by atoms with van der Waals surface area (Å²) in [7, 11) is 0.372. The lowest BCUT2D eigenvalue weighted by atomic mass is 9.92. The summed E-state index contributed by atoms with van der Waals surface area (Å²) in [6.07, 6.45) is 7.82. The lowest BCUT2D eigenvalue weighted by molar-refractivity contribution is 0.0734. The molecule has 4 aliphatic rings. The van der Waals surface area contributed by atoms with Crippen molar-refractivity contribution in [2.75, 3.05) is 70.1 Å². The molecule has 0 aromatic heterocycles. The number of methoxy groups -OCH3 is 2. The van der Waals surface area contributed by atoms with E-state index in [0.29, 0.717) is 70.8 Å². The molecule has 1 N–H and O–H groups in total. The van der Waals surface area contributed by atoms with Gasteiger partial charge < -0.3 is 38.6 Å². The Labute approximate surface area is 295 Å². The summed E-state index contributed by atoms with van der Waals surface area (Å²) >= 11 is 4.41. The summed E-state index contributed by atoms with van der Waals surface area (Å²) in [5, 5.41) is 3.49. The third-order valence-electron chi connectivity index (χ3n) is 10.1. The van der Waals surface area contributed by atoms with Crippen LogP contribution >= 0.6 is 19.8 Å². The Morgan fingerprint density at radius 1 is 0.918 bits per heavy atom. The van der Waals surface area contributed by atoms with Gasteiger partial charge in [0.05, 0.1) is 51.9 Å². The van der Waals surface area contributed by atoms with Gasteiger partial charge in [0.2, 0.25) is 0 Å². The number of fused-ring (bicyclic) bond motifs is 4. The van der Waals surface area contributed by atoms with Gasteiger partial charge in [-0.3, -0.25) is 9.59 Å². The molecule has 2 amide bonds. The molecule has 2 aromatic carbocycles. The summed E-state index contributed by atoms with van der Waals surface area (Å²) < 4.78 is 37.8. The number of allylic oxidation sites excluding steroid dienone is 1. The molecule has 5 atom stereocenters. The summed E-state index contributed by atoms with van der Waals surface area (Å²) in [6, 6.07) is 7.25. The number of thiol groups is 1. The molecule has 0 bridgehead atoms. The Bertz CT molecular complexity index is 1700. The number of hydrogen-bond donors (Lipinski definition) is 2. The lowest BCUT2D eigenvalue weighted by Crippen LogP contribution is -2.44. The van der Waals surface area contributed by atoms with E-state index in [9.17, 15) is 14.2 Å². The third kappa shape index (κ3) is 7.34. The van der Waals surface area contributed by atoms with E-state index in [1.165, 1.54) is 0 Å². The van der Waals surface area contributed by atoms with E-state index in [4.69, 9.17) is 18.9 Å². The lowest BCUT2D eigenvalue weighted by Gasteiger charge is -2.33. The first-order valence-electron chi connectivity index (χ1n) is 17.1. The number of amides is 2. The molecule has 2 aromatic rings. The number of benzene rings is 2. The molecule has 0 spiro atoms. The van der Waals surface area contributed by atoms with Gasteiger partial charge in [0.25, 0.3) is 11.8 Å². The second-order valence-corrected chi connectivity index (χ2v) is 17.7. The van der Waals surface area contributed by atoms with E-state index in [2.05, 4.69) is 50.5 Å². The van der Waals surface area contributed by atoms with Gasteiger partial charge >= 0.3 is 0 Å². The molecule has 4 aliphatic heterocycles. The van der Waals surface area contributed by atoms with Crippen molar-refractivity contribution >= 4 is 37.3 Å². The largest absolute Gasteiger partial charge is 0.493 e. The quantitative estimate of drug-likeness (QED) is 0.146. The molecule has 4 heterocycles. The first kappa shape index (κ1) is 35.3. The number of rotatable bonds is 12. The smallest absolute Gasteiger partial charge is 0.257 e. The van der Waals surface area contributed by atoms with Crippen LogP contribution in [0.25, 0.3) is 0 Å². The van der Waals surface area contributed by atoms with Gasteiger partial charge in [-0.2, -0.15) is 12.6 Å². The second-order valence-electron chi connectivity index (χ2n) is 13.8. The Morgan fingerprint density at radius 3 is 2.24 bits per heavy atom. The zero-order chi connectivity index (χ0) is 34.9. The van der Waals surface area contributed by atoms with Gasteiger partial charge in [0.15, 0.2) is 23.0 Å². The van der Waals surface area contributed by atoms with Crippen LogP contribution < -0.4 is 24.3 Å². The molecule has 12 heteroatoms. The van der Waals surface area contributed by atoms with Crippen molar-refractivity contribution in [2.45, 2.75) is 51.2 Å². The Morgan fingerprint density at radius 2 is 1.57 bits per heavy atom. The van der Waals surface area contributed by atoms with Crippen molar-refractivity contribution in [3.8, 4) is 23.0 Å². The van der Waals surface area contributed by atoms with E-state index in [1.54, 1.807) is 26.4 Å². The predicted octanol–water partition coefficient (Wildman–Crippen LogP) is 6.52. The summed E-state index contributed by atoms with van der Waals surface area (Å²) in [4.78, 5) is 30.7. The van der Waals surface area contributed by atoms with Crippen LogP contribution in [-0.2, 0) is 4.57 Å². The van der Waals surface area contributed by atoms with Crippen LogP contribution in [0.4, 0.5) is 5.69 Å². The topological polar surface area (TPSA) is 107 Å². The fraction of sp³-hybridized carbons (Fsp3) is 0.514. The van der Waals surface area contributed by atoms with Crippen LogP contribution in [-0.4, -0.2) is 98.6 Å². The molecule has 2 fully saturated rings. The minimum absolute atomic E-state index is 0.00671. The van der Waals surface area contributed by atoms with Crippen LogP contribution in [0.2, 0.25) is 0 Å². The van der Waals surface area contributed by atoms with Gasteiger partial charge in [-0.05, 0) is 60.6 Å². The summed E-state index contributed by atoms with van der Waals surface area (Å²) in [5.74, 6) is 2.90. The SMILES string of the molecule is C=C1C[C@H]2/C=C/CC(C)c3cc(OCCP(=O)(CCS)CCOc4cc5c(cc4OC)C(=O)N4CC(C)C[C@H]4N5)c(OC)cc3C(=O)N2C1. The molecular weight excluding hydrogens is 661 g/mol. The van der Waals surface area contributed by atoms with Crippen molar-refractivity contribution in [3.63, 3.8) is 0 Å². The maximum atomic E-state index is 14.1. The highest BCUT2D eigenvalue weighted by molar-refractivity contribution is 7.81. The highest BCUT2D eigenvalue weighted by Crippen LogP contribution is 2.46. The monoisotopic (exact) mass is 709 g/mol. The van der Waals surface area contributed by atoms with Crippen molar-refractivity contribution in [2.24, 2.45) is 5.92 Å². The van der Waals surface area contributed by atoms with Gasteiger partial charge in [0, 0.05) is 43.2 Å². The van der Waals surface area contributed by atoms with E-state index in [-0.39, 0.29) is 43.2 Å². The number of carbonyl (C=O) groups excluding carboxylic acids is 2. The number of anilines is 1. The van der Waals surface area contributed by atoms with Gasteiger partial charge in [-0.15, -0.1) is 0 Å². The molecule has 3 unspecified atom stereocenters. The number of ether oxygens (including phenoxy) is 4. The number of nitrogens with one attached hydrogen (secondary N) is 1. The summed E-state index contributed by atoms with van der Waals surface area (Å²) in [6.45, 7) is 10.1. The zero-order valence-corrected chi connectivity index (χ0v) is 30.7. The Balaban J connectivity index is 1.13. The molecule has 0 radical (unpaired) electrons. The number of hydrogen-bond acceptors (Lipinski definition) is 9. The molecule has 0 aliphatic carbocycles. The van der Waals surface area contributed by atoms with Gasteiger partial charge in [-0.25, -0.2) is 0 Å². The van der Waals surface area contributed by atoms with Crippen LogP contribution in [0.5, 0.6) is 23.0 Å². The van der Waals surface area contributed by atoms with Crippen molar-refractivity contribution < 1.29 is 33.1 Å². The molecule has 264 valence electrons. The normalized spacial score (nSPS) is 24.7. The molecule has 2 saturated heterocycles. The van der Waals surface area contributed by atoms with E-state index in [1.807, 2.05) is 21.9 Å². The maximum absolute atomic E-state index is 14.1. The molecule has 10 nitrogen and oxygen atoms in total. The predicted molar refractivity (Wildman–Crippen MR) is 196 cm³/mol. The van der Waals surface area contributed by atoms with Gasteiger partial charge in [-0.1, -0.05) is 38.2 Å². The average Bonchev–Trinajstić information content (AvgIpc) is 3.65. The Hall–Kier alpha value is -3.56. The summed E-state index contributed by atoms with van der Waals surface area (Å²) in [5.41, 5.74) is 3.85. The van der Waals surface area contributed by atoms with Crippen molar-refractivity contribution in [1.82, 2.24) is 9.80 Å². The fourth-order valence-corrected chi connectivity index (χ4v) is 10.4. The minimum Gasteiger partial charge on any atom is -0.493 e. The van der Waals surface area contributed by atoms with Crippen LogP contribution in [0, 0.1) is 5.92 Å². The highest BCUT2D eigenvalue weighted by Gasteiger charge is 2.39. The number of nitrogens with zero attached hydrogens (tertiary/aromatic N) is 2. The zero-order valence-electron chi connectivity index (χ0n) is 28.9. The average molecular weight is 710 g/mol. The molecule has 6 rings (SSSR count). The minimum atomic E-state index is -2.74. The third-order valence-corrected chi connectivity index (χ3v) is 13.8. The van der Waals surface area contributed by atoms with Crippen LogP contribution in [0.15, 0.2) is 48.6 Å². The standard InChI is InChI=1S/C37H48N3O7PS/c1-23-15-26-8-6-7-25(3)27-17-33(31(44-4)18-28(27)36(41)39(26)21-23)46-9-11-48(43,13-14-49)12-10-47-34-20-30-29(19-32(34)45-5)37(42)40-22-24(2)16-35(40)38-30/h6,8,17-20,24-26,35,38,49H,1,7,9-16,21-22H2,2-5H3/b8-6+/t24?,25?,26-,35+,48?/m1/s1. The number of carbonyl (C=O) groups is 2. The molecular formula is C37H48N3O7PS. The molecule has 49 heavy (non-hydrogen) atoms. The van der Waals surface area contributed by atoms with E-state index in [0.717, 1.165) is 42.6 Å². The van der Waals surface area contributed by atoms with Gasteiger partial charge in [0.1, 0.15) is 6.17 Å². The van der Waals surface area contributed by atoms with E-state index < -0.39 is 7.14 Å². The highest BCUT2D eigenvalue weighted by atomic mass is 32.1. The maximum Gasteiger partial charge on any atom is 0.257 e. The van der Waals surface area contributed by atoms with Crippen LogP contribution in [0.3, 0.4) is 0 Å².